The van der Waals surface area contributed by atoms with Gasteiger partial charge in [-0.05, 0) is 40.5 Å². The minimum Gasteiger partial charge on any atom is -0.398 e. The molecule has 1 saturated heterocycles. The first-order chi connectivity index (χ1) is 9.39. The van der Waals surface area contributed by atoms with Gasteiger partial charge in [0.05, 0.1) is 22.5 Å². The molecule has 2 heterocycles. The van der Waals surface area contributed by atoms with Gasteiger partial charge >= 0.3 is 7.12 Å². The maximum Gasteiger partial charge on any atom is 0.516 e. The van der Waals surface area contributed by atoms with E-state index in [9.17, 15) is 0 Å². The maximum atomic E-state index is 6.04. The second kappa shape index (κ2) is 4.81. The van der Waals surface area contributed by atoms with Gasteiger partial charge in [0.15, 0.2) is 0 Å². The predicted octanol–water partition coefficient (Wildman–Crippen LogP) is 2.43. The fourth-order valence-electron chi connectivity index (χ4n) is 2.89. The van der Waals surface area contributed by atoms with Crippen LogP contribution in [0.2, 0.25) is 0 Å². The molecule has 3 rings (SSSR count). The molecule has 0 radical (unpaired) electrons. The normalized spacial score (nSPS) is 25.3. The third-order valence-electron chi connectivity index (χ3n) is 4.94. The highest BCUT2D eigenvalue weighted by Gasteiger charge is 2.52. The number of aromatic nitrogens is 2. The SMILES string of the molecule is CC1(C)OB(c2cncc(C3CCCC3)n2)OC1(C)C. The van der Waals surface area contributed by atoms with Gasteiger partial charge in [-0.15, -0.1) is 0 Å². The molecule has 0 bridgehead atoms. The summed E-state index contributed by atoms with van der Waals surface area (Å²) in [6.45, 7) is 8.23. The molecule has 108 valence electrons. The average molecular weight is 274 g/mol. The minimum atomic E-state index is -0.408. The van der Waals surface area contributed by atoms with Crippen LogP contribution in [0.4, 0.5) is 0 Å². The highest BCUT2D eigenvalue weighted by Crippen LogP contribution is 2.36. The van der Waals surface area contributed by atoms with Crippen LogP contribution < -0.4 is 5.59 Å². The highest BCUT2D eigenvalue weighted by molar-refractivity contribution is 6.61. The van der Waals surface area contributed by atoms with Gasteiger partial charge < -0.3 is 9.31 Å². The van der Waals surface area contributed by atoms with E-state index in [2.05, 4.69) is 32.7 Å². The molecule has 0 aromatic carbocycles. The molecule has 1 saturated carbocycles. The van der Waals surface area contributed by atoms with Crippen molar-refractivity contribution in [2.24, 2.45) is 0 Å². The first-order valence-corrected chi connectivity index (χ1v) is 7.56. The van der Waals surface area contributed by atoms with Gasteiger partial charge in [0.1, 0.15) is 0 Å². The molecule has 1 aromatic rings. The standard InChI is InChI=1S/C15H23BN2O2/c1-14(2)15(3,4)20-16(19-14)13-10-17-9-12(18-13)11-7-5-6-8-11/h9-11H,5-8H2,1-4H3. The Hall–Kier alpha value is -0.935. The number of hydrogen-bond donors (Lipinski definition) is 0. The van der Waals surface area contributed by atoms with Crippen molar-refractivity contribution in [3.63, 3.8) is 0 Å². The van der Waals surface area contributed by atoms with Crippen molar-refractivity contribution in [2.75, 3.05) is 0 Å². The Kier molecular flexibility index (Phi) is 3.37. The molecular formula is C15H23BN2O2. The number of nitrogens with zero attached hydrogens (tertiary/aromatic N) is 2. The van der Waals surface area contributed by atoms with Crippen molar-refractivity contribution in [3.8, 4) is 0 Å². The van der Waals surface area contributed by atoms with Crippen LogP contribution in [0.3, 0.4) is 0 Å². The lowest BCUT2D eigenvalue weighted by Gasteiger charge is -2.32. The van der Waals surface area contributed by atoms with E-state index in [1.165, 1.54) is 25.7 Å². The molecule has 0 unspecified atom stereocenters. The topological polar surface area (TPSA) is 44.2 Å². The van der Waals surface area contributed by atoms with Gasteiger partial charge in [0.25, 0.3) is 0 Å². The Labute approximate surface area is 121 Å². The maximum absolute atomic E-state index is 6.04. The van der Waals surface area contributed by atoms with Crippen LogP contribution in [-0.2, 0) is 9.31 Å². The quantitative estimate of drug-likeness (QED) is 0.777. The molecule has 2 aliphatic rings. The molecule has 1 aliphatic heterocycles. The van der Waals surface area contributed by atoms with Crippen LogP contribution in [-0.4, -0.2) is 28.3 Å². The van der Waals surface area contributed by atoms with E-state index in [1.807, 2.05) is 6.20 Å². The van der Waals surface area contributed by atoms with Gasteiger partial charge in [0.2, 0.25) is 0 Å². The Bertz CT molecular complexity index is 482. The zero-order valence-corrected chi connectivity index (χ0v) is 12.8. The Morgan fingerprint density at radius 1 is 1.05 bits per heavy atom. The molecular weight excluding hydrogens is 251 g/mol. The summed E-state index contributed by atoms with van der Waals surface area (Å²) in [6, 6.07) is 0. The van der Waals surface area contributed by atoms with Crippen molar-refractivity contribution in [3.05, 3.63) is 18.1 Å². The van der Waals surface area contributed by atoms with Crippen LogP contribution >= 0.6 is 0 Å². The van der Waals surface area contributed by atoms with Crippen molar-refractivity contribution in [2.45, 2.75) is 70.5 Å². The van der Waals surface area contributed by atoms with E-state index in [0.29, 0.717) is 5.92 Å². The molecule has 5 heteroatoms. The van der Waals surface area contributed by atoms with E-state index < -0.39 is 7.12 Å². The fourth-order valence-corrected chi connectivity index (χ4v) is 2.89. The second-order valence-corrected chi connectivity index (χ2v) is 6.94. The van der Waals surface area contributed by atoms with E-state index >= 15 is 0 Å². The minimum absolute atomic E-state index is 0.331. The third-order valence-corrected chi connectivity index (χ3v) is 4.94. The number of rotatable bonds is 2. The lowest BCUT2D eigenvalue weighted by atomic mass is 9.85. The van der Waals surface area contributed by atoms with Gasteiger partial charge in [0, 0.05) is 18.3 Å². The molecule has 0 atom stereocenters. The summed E-state index contributed by atoms with van der Waals surface area (Å²) in [5.41, 5.74) is 1.23. The van der Waals surface area contributed by atoms with Gasteiger partial charge in [-0.1, -0.05) is 12.8 Å². The average Bonchev–Trinajstić information content (AvgIpc) is 2.97. The summed E-state index contributed by atoms with van der Waals surface area (Å²) >= 11 is 0. The largest absolute Gasteiger partial charge is 0.516 e. The van der Waals surface area contributed by atoms with Crippen LogP contribution in [0.15, 0.2) is 12.4 Å². The Balaban J connectivity index is 1.83. The predicted molar refractivity (Wildman–Crippen MR) is 79.0 cm³/mol. The van der Waals surface area contributed by atoms with Gasteiger partial charge in [-0.2, -0.15) is 0 Å². The zero-order valence-electron chi connectivity index (χ0n) is 12.8. The zero-order chi connectivity index (χ0) is 14.4. The Morgan fingerprint density at radius 2 is 1.65 bits per heavy atom. The van der Waals surface area contributed by atoms with E-state index in [0.717, 1.165) is 11.3 Å². The Morgan fingerprint density at radius 3 is 2.25 bits per heavy atom. The summed E-state index contributed by atoms with van der Waals surface area (Å²) in [7, 11) is -0.408. The molecule has 1 aromatic heterocycles. The second-order valence-electron chi connectivity index (χ2n) is 6.94. The molecule has 0 amide bonds. The first kappa shape index (κ1) is 14.0. The first-order valence-electron chi connectivity index (χ1n) is 7.56. The fraction of sp³-hybridized carbons (Fsp3) is 0.733. The van der Waals surface area contributed by atoms with Crippen molar-refractivity contribution >= 4 is 12.7 Å². The number of hydrogen-bond acceptors (Lipinski definition) is 4. The molecule has 4 nitrogen and oxygen atoms in total. The van der Waals surface area contributed by atoms with Crippen molar-refractivity contribution in [1.29, 1.82) is 0 Å². The molecule has 0 N–H and O–H groups in total. The van der Waals surface area contributed by atoms with Gasteiger partial charge in [-0.3, -0.25) is 9.97 Å². The molecule has 20 heavy (non-hydrogen) atoms. The van der Waals surface area contributed by atoms with Gasteiger partial charge in [-0.25, -0.2) is 0 Å². The van der Waals surface area contributed by atoms with Crippen LogP contribution in [0.1, 0.15) is 65.0 Å². The van der Waals surface area contributed by atoms with E-state index in [1.54, 1.807) is 6.20 Å². The summed E-state index contributed by atoms with van der Waals surface area (Å²) in [4.78, 5) is 9.10. The van der Waals surface area contributed by atoms with Crippen molar-refractivity contribution in [1.82, 2.24) is 9.97 Å². The third kappa shape index (κ3) is 2.37. The highest BCUT2D eigenvalue weighted by atomic mass is 16.7. The smallest absolute Gasteiger partial charge is 0.398 e. The van der Waals surface area contributed by atoms with Crippen molar-refractivity contribution < 1.29 is 9.31 Å². The summed E-state index contributed by atoms with van der Waals surface area (Å²) in [6.07, 6.45) is 8.70. The van der Waals surface area contributed by atoms with E-state index in [4.69, 9.17) is 14.3 Å². The molecule has 1 aliphatic carbocycles. The van der Waals surface area contributed by atoms with E-state index in [-0.39, 0.29) is 11.2 Å². The monoisotopic (exact) mass is 274 g/mol. The lowest BCUT2D eigenvalue weighted by molar-refractivity contribution is 0.00578. The lowest BCUT2D eigenvalue weighted by Crippen LogP contribution is -2.41. The van der Waals surface area contributed by atoms with Crippen LogP contribution in [0.25, 0.3) is 0 Å². The van der Waals surface area contributed by atoms with Crippen LogP contribution in [0, 0.1) is 0 Å². The van der Waals surface area contributed by atoms with Crippen LogP contribution in [0.5, 0.6) is 0 Å². The summed E-state index contributed by atoms with van der Waals surface area (Å²) in [5.74, 6) is 0.560. The summed E-state index contributed by atoms with van der Waals surface area (Å²) < 4.78 is 12.1. The molecule has 2 fully saturated rings. The molecule has 0 spiro atoms. The summed E-state index contributed by atoms with van der Waals surface area (Å²) in [5, 5.41) is 0.